The third-order valence-electron chi connectivity index (χ3n) is 5.23. The van der Waals surface area contributed by atoms with Crippen LogP contribution in [-0.2, 0) is 33.4 Å². The van der Waals surface area contributed by atoms with E-state index in [4.69, 9.17) is 14.2 Å². The highest BCUT2D eigenvalue weighted by Crippen LogP contribution is 2.40. The monoisotopic (exact) mass is 408 g/mol. The molecule has 2 aliphatic rings. The van der Waals surface area contributed by atoms with Crippen LogP contribution in [0.2, 0.25) is 0 Å². The van der Waals surface area contributed by atoms with E-state index in [0.717, 1.165) is 6.92 Å². The molecule has 1 N–H and O–H groups in total. The van der Waals surface area contributed by atoms with Crippen LogP contribution in [0.5, 0.6) is 0 Å². The number of allylic oxidation sites excluding steroid dienone is 1. The van der Waals surface area contributed by atoms with Crippen molar-refractivity contribution >= 4 is 23.7 Å². The highest BCUT2D eigenvalue weighted by Gasteiger charge is 2.55. The summed E-state index contributed by atoms with van der Waals surface area (Å²) < 4.78 is 16.3. The summed E-state index contributed by atoms with van der Waals surface area (Å²) in [5.74, 6) is -4.38. The molecule has 1 saturated heterocycles. The fourth-order valence-corrected chi connectivity index (χ4v) is 3.53. The largest absolute Gasteiger partial charge is 0.458 e. The molecule has 6 atom stereocenters. The Balaban J connectivity index is 2.66. The van der Waals surface area contributed by atoms with E-state index in [1.54, 1.807) is 19.9 Å². The normalized spacial score (nSPS) is 36.2. The molecular weight excluding hydrogens is 380 g/mol. The summed E-state index contributed by atoms with van der Waals surface area (Å²) in [6.45, 7) is 11.1. The lowest BCUT2D eigenvalue weighted by atomic mass is 9.77. The minimum Gasteiger partial charge on any atom is -0.458 e. The van der Waals surface area contributed by atoms with Crippen molar-refractivity contribution in [1.82, 2.24) is 0 Å². The zero-order chi connectivity index (χ0) is 22.1. The molecule has 1 aliphatic heterocycles. The Morgan fingerprint density at radius 1 is 1.31 bits per heavy atom. The van der Waals surface area contributed by atoms with Crippen molar-refractivity contribution in [2.45, 2.75) is 65.0 Å². The Bertz CT molecular complexity index is 748. The van der Waals surface area contributed by atoms with Gasteiger partial charge in [0.1, 0.15) is 6.10 Å². The van der Waals surface area contributed by atoms with Gasteiger partial charge in [0, 0.05) is 12.5 Å². The first-order valence-electron chi connectivity index (χ1n) is 9.58. The Kier molecular flexibility index (Phi) is 6.67. The minimum absolute atomic E-state index is 0.0358. The number of rotatable bonds is 3. The lowest BCUT2D eigenvalue weighted by Crippen LogP contribution is -2.58. The molecule has 0 aromatic carbocycles. The SMILES string of the molecule is C=C1C(=O)O[C@@H]2C[C@@H](C)/C=C\C(=O)[C@](C)(O)[C@H](OC(C)=O)[C@@H](OC(=O)C(C)C)[C@@H]12. The molecule has 0 bridgehead atoms. The van der Waals surface area contributed by atoms with Crippen molar-refractivity contribution in [2.24, 2.45) is 17.8 Å². The van der Waals surface area contributed by atoms with E-state index in [1.165, 1.54) is 13.0 Å². The maximum Gasteiger partial charge on any atom is 0.334 e. The number of esters is 3. The molecule has 1 heterocycles. The van der Waals surface area contributed by atoms with Crippen LogP contribution in [0.3, 0.4) is 0 Å². The molecule has 0 radical (unpaired) electrons. The molecule has 0 aromatic rings. The number of hydrogen-bond donors (Lipinski definition) is 1. The van der Waals surface area contributed by atoms with Crippen molar-refractivity contribution < 1.29 is 38.5 Å². The fraction of sp³-hybridized carbons (Fsp3) is 0.619. The predicted molar refractivity (Wildman–Crippen MR) is 101 cm³/mol. The van der Waals surface area contributed by atoms with Crippen molar-refractivity contribution in [3.63, 3.8) is 0 Å². The van der Waals surface area contributed by atoms with Crippen LogP contribution >= 0.6 is 0 Å². The highest BCUT2D eigenvalue weighted by molar-refractivity contribution is 5.97. The molecule has 1 aliphatic carbocycles. The smallest absolute Gasteiger partial charge is 0.334 e. The zero-order valence-electron chi connectivity index (χ0n) is 17.3. The molecule has 0 saturated carbocycles. The van der Waals surface area contributed by atoms with E-state index >= 15 is 0 Å². The van der Waals surface area contributed by atoms with Gasteiger partial charge in [-0.05, 0) is 25.3 Å². The predicted octanol–water partition coefficient (Wildman–Crippen LogP) is 1.50. The summed E-state index contributed by atoms with van der Waals surface area (Å²) in [6.07, 6.45) is -0.490. The van der Waals surface area contributed by atoms with Crippen LogP contribution in [0.25, 0.3) is 0 Å². The Labute approximate surface area is 169 Å². The van der Waals surface area contributed by atoms with Crippen molar-refractivity contribution in [3.8, 4) is 0 Å². The third kappa shape index (κ3) is 4.75. The molecule has 8 nitrogen and oxygen atoms in total. The van der Waals surface area contributed by atoms with Crippen LogP contribution in [0.15, 0.2) is 24.3 Å². The van der Waals surface area contributed by atoms with Crippen LogP contribution in [0, 0.1) is 17.8 Å². The first-order chi connectivity index (χ1) is 13.4. The van der Waals surface area contributed by atoms with Gasteiger partial charge in [0.25, 0.3) is 0 Å². The molecule has 29 heavy (non-hydrogen) atoms. The third-order valence-corrected chi connectivity index (χ3v) is 5.23. The standard InChI is InChI=1S/C21H28O8/c1-10(2)19(24)29-17-16-12(4)20(25)28-14(16)9-11(3)7-8-15(23)21(6,26)18(17)27-13(5)22/h7-8,10-11,14,16-18,26H,4,9H2,1-3,5-6H3/b8-7-/t11-,14+,16-,17-,18+,21-/m0/s1. The summed E-state index contributed by atoms with van der Waals surface area (Å²) in [7, 11) is 0. The Hall–Kier alpha value is -2.48. The van der Waals surface area contributed by atoms with Gasteiger partial charge in [-0.2, -0.15) is 0 Å². The van der Waals surface area contributed by atoms with Crippen LogP contribution in [0.1, 0.15) is 41.0 Å². The van der Waals surface area contributed by atoms with Crippen molar-refractivity contribution in [3.05, 3.63) is 24.3 Å². The second-order valence-corrected chi connectivity index (χ2v) is 8.16. The van der Waals surface area contributed by atoms with Gasteiger partial charge in [-0.1, -0.05) is 33.4 Å². The van der Waals surface area contributed by atoms with Crippen molar-refractivity contribution in [2.75, 3.05) is 0 Å². The molecule has 0 amide bonds. The lowest BCUT2D eigenvalue weighted by molar-refractivity contribution is -0.197. The van der Waals surface area contributed by atoms with Gasteiger partial charge < -0.3 is 19.3 Å². The Morgan fingerprint density at radius 2 is 1.93 bits per heavy atom. The van der Waals surface area contributed by atoms with Crippen LogP contribution in [0.4, 0.5) is 0 Å². The minimum atomic E-state index is -2.21. The van der Waals surface area contributed by atoms with Gasteiger partial charge in [-0.3, -0.25) is 14.4 Å². The van der Waals surface area contributed by atoms with E-state index < -0.39 is 59.4 Å². The number of ether oxygens (including phenoxy) is 3. The maximum absolute atomic E-state index is 12.7. The summed E-state index contributed by atoms with van der Waals surface area (Å²) >= 11 is 0. The van der Waals surface area contributed by atoms with E-state index in [2.05, 4.69) is 6.58 Å². The molecule has 160 valence electrons. The van der Waals surface area contributed by atoms with Crippen LogP contribution in [-0.4, -0.2) is 52.7 Å². The first-order valence-corrected chi connectivity index (χ1v) is 9.58. The molecule has 1 fully saturated rings. The molecule has 0 unspecified atom stereocenters. The van der Waals surface area contributed by atoms with E-state index in [0.29, 0.717) is 6.42 Å². The Morgan fingerprint density at radius 3 is 2.48 bits per heavy atom. The number of carbonyl (C=O) groups excluding carboxylic acids is 4. The first kappa shape index (κ1) is 22.8. The quantitative estimate of drug-likeness (QED) is 0.424. The maximum atomic E-state index is 12.7. The average molecular weight is 408 g/mol. The molecular formula is C21H28O8. The van der Waals surface area contributed by atoms with Gasteiger partial charge in [0.05, 0.1) is 11.8 Å². The second-order valence-electron chi connectivity index (χ2n) is 8.16. The topological polar surface area (TPSA) is 116 Å². The summed E-state index contributed by atoms with van der Waals surface area (Å²) in [4.78, 5) is 49.2. The van der Waals surface area contributed by atoms with Gasteiger partial charge in [-0.15, -0.1) is 0 Å². The fourth-order valence-electron chi connectivity index (χ4n) is 3.53. The number of aliphatic hydroxyl groups is 1. The van der Waals surface area contributed by atoms with E-state index in [-0.39, 0.29) is 11.5 Å². The second kappa shape index (κ2) is 8.49. The number of carbonyl (C=O) groups is 4. The lowest BCUT2D eigenvalue weighted by Gasteiger charge is -2.39. The van der Waals surface area contributed by atoms with Crippen molar-refractivity contribution in [1.29, 1.82) is 0 Å². The summed E-state index contributed by atoms with van der Waals surface area (Å²) in [5.41, 5.74) is -2.17. The van der Waals surface area contributed by atoms with Crippen LogP contribution < -0.4 is 0 Å². The zero-order valence-corrected chi connectivity index (χ0v) is 17.3. The number of hydrogen-bond acceptors (Lipinski definition) is 8. The molecule has 0 aromatic heterocycles. The molecule has 2 rings (SSSR count). The average Bonchev–Trinajstić information content (AvgIpc) is 2.88. The van der Waals surface area contributed by atoms with E-state index in [9.17, 15) is 24.3 Å². The van der Waals surface area contributed by atoms with Gasteiger partial charge in [-0.25, -0.2) is 4.79 Å². The number of fused-ring (bicyclic) bond motifs is 1. The summed E-state index contributed by atoms with van der Waals surface area (Å²) in [6, 6.07) is 0. The van der Waals surface area contributed by atoms with Gasteiger partial charge >= 0.3 is 17.9 Å². The highest BCUT2D eigenvalue weighted by atomic mass is 16.6. The number of ketones is 1. The van der Waals surface area contributed by atoms with E-state index in [1.807, 2.05) is 6.92 Å². The summed E-state index contributed by atoms with van der Waals surface area (Å²) in [5, 5.41) is 11.0. The van der Waals surface area contributed by atoms with Gasteiger partial charge in [0.2, 0.25) is 0 Å². The molecule has 0 spiro atoms. The van der Waals surface area contributed by atoms with Gasteiger partial charge in [0.15, 0.2) is 23.6 Å². The molecule has 8 heteroatoms.